The molecule has 0 amide bonds. The third kappa shape index (κ3) is 11.2. The zero-order valence-corrected chi connectivity index (χ0v) is 28.6. The van der Waals surface area contributed by atoms with Crippen molar-refractivity contribution in [2.45, 2.75) is 58.0 Å². The van der Waals surface area contributed by atoms with Crippen molar-refractivity contribution in [3.63, 3.8) is 0 Å². The van der Waals surface area contributed by atoms with Gasteiger partial charge in [0.25, 0.3) is 0 Å². The second-order valence-electron chi connectivity index (χ2n) is 11.1. The van der Waals surface area contributed by atoms with Gasteiger partial charge in [0.1, 0.15) is 0 Å². The van der Waals surface area contributed by atoms with E-state index in [0.717, 1.165) is 65.4 Å². The Labute approximate surface area is 283 Å². The molecule has 1 fully saturated rings. The topological polar surface area (TPSA) is 73.2 Å². The molecule has 0 unspecified atom stereocenters. The van der Waals surface area contributed by atoms with Crippen LogP contribution in [0.25, 0.3) is 23.1 Å². The number of carbonyl (C=O) groups is 1. The average Bonchev–Trinajstić information content (AvgIpc) is 3.70. The fourth-order valence-corrected chi connectivity index (χ4v) is 5.30. The van der Waals surface area contributed by atoms with Crippen molar-refractivity contribution in [3.05, 3.63) is 113 Å². The van der Waals surface area contributed by atoms with E-state index in [1.54, 1.807) is 19.9 Å². The van der Waals surface area contributed by atoms with Gasteiger partial charge in [-0.05, 0) is 110 Å². The van der Waals surface area contributed by atoms with E-state index in [1.165, 1.54) is 5.56 Å². The molecule has 0 radical (unpaired) electrons. The van der Waals surface area contributed by atoms with E-state index in [-0.39, 0.29) is 41.4 Å². The Balaban J connectivity index is 0.000000526. The Hall–Kier alpha value is -2.12. The number of hydrogen-bond acceptors (Lipinski definition) is 5. The van der Waals surface area contributed by atoms with Crippen molar-refractivity contribution in [2.75, 3.05) is 5.75 Å². The normalized spacial score (nSPS) is 14.3. The Morgan fingerprint density at radius 2 is 1.83 bits per heavy atom. The molecule has 0 bridgehead atoms. The van der Waals surface area contributed by atoms with Crippen LogP contribution in [-0.4, -0.2) is 27.4 Å². The Morgan fingerprint density at radius 3 is 2.40 bits per heavy atom. The van der Waals surface area contributed by atoms with Gasteiger partial charge in [0, 0.05) is 16.4 Å². The number of aryl methyl sites for hydroxylation is 1. The largest absolute Gasteiger partial charge is 1.00 e. The fraction of sp³-hybridized carbons (Fsp3) is 0.314. The molecule has 216 valence electrons. The Morgan fingerprint density at radius 1 is 1.12 bits per heavy atom. The minimum absolute atomic E-state index is 0. The first-order chi connectivity index (χ1) is 19.5. The summed E-state index contributed by atoms with van der Waals surface area (Å²) in [7, 11) is 0. The van der Waals surface area contributed by atoms with Gasteiger partial charge in [-0.3, -0.25) is 0 Å². The molecule has 4 nitrogen and oxygen atoms in total. The number of hydrogen-bond donors (Lipinski definition) is 2. The zero-order chi connectivity index (χ0) is 30.0. The number of benzene rings is 2. The molecule has 7 heteroatoms. The first kappa shape index (κ1) is 36.1. The molecule has 0 atom stereocenters. The molecule has 1 aromatic heterocycles. The van der Waals surface area contributed by atoms with Gasteiger partial charge in [-0.1, -0.05) is 79.4 Å². The first-order valence-corrected chi connectivity index (χ1v) is 14.8. The Kier molecular flexibility index (Phi) is 14.3. The molecule has 1 heterocycles. The summed E-state index contributed by atoms with van der Waals surface area (Å²) in [6, 6.07) is 18.3. The number of carboxylic acid groups (broad SMARTS) is 1. The van der Waals surface area contributed by atoms with Crippen molar-refractivity contribution >= 4 is 53.3 Å². The number of carboxylic acids is 1. The van der Waals surface area contributed by atoms with Crippen LogP contribution in [0.3, 0.4) is 0 Å². The number of pyridine rings is 1. The maximum atomic E-state index is 10.4. The number of aliphatic hydroxyl groups is 1. The molecule has 1 N–H and O–H groups in total. The number of halogens is 1. The standard InChI is InChI=1S/C29H30ClNO.C6H10O2S.Na/c1-5-23(27(6-2)29(3,4)32)12-8-11-21-9-7-10-22(19-21)13-17-26-18-15-24-14-16-25(30)20-28(24)31-26;7-5(8)3-6(4-9)1-2-6;/h5-7,9-10,13-20,32H,1-2,8,11-12H2,3-4H3;9H,1-4H2,(H,7,8);/q;;+1/p-1/b17-13+,27-23-;;. The number of nitrogens with zero attached hydrogens (tertiary/aromatic N) is 1. The molecule has 3 aromatic rings. The zero-order valence-electron chi connectivity index (χ0n) is 24.9. The molecule has 0 saturated heterocycles. The summed E-state index contributed by atoms with van der Waals surface area (Å²) in [4.78, 5) is 14.8. The van der Waals surface area contributed by atoms with E-state index < -0.39 is 11.6 Å². The van der Waals surface area contributed by atoms with Gasteiger partial charge < -0.3 is 15.0 Å². The van der Waals surface area contributed by atoms with Gasteiger partial charge in [-0.2, -0.15) is 12.6 Å². The number of thiol groups is 1. The number of aliphatic carboxylic acids is 1. The van der Waals surface area contributed by atoms with Crippen LogP contribution in [0.4, 0.5) is 0 Å². The minimum Gasteiger partial charge on any atom is -0.550 e. The predicted molar refractivity (Wildman–Crippen MR) is 174 cm³/mol. The molecular weight excluding hydrogens is 573 g/mol. The van der Waals surface area contributed by atoms with E-state index >= 15 is 0 Å². The van der Waals surface area contributed by atoms with Crippen LogP contribution in [0.15, 0.2) is 91.1 Å². The average molecular weight is 612 g/mol. The van der Waals surface area contributed by atoms with Crippen LogP contribution in [0.2, 0.25) is 5.02 Å². The quantitative estimate of drug-likeness (QED) is 0.178. The second kappa shape index (κ2) is 16.7. The number of allylic oxidation sites excluding steroid dienone is 2. The van der Waals surface area contributed by atoms with Crippen LogP contribution in [0.1, 0.15) is 62.8 Å². The van der Waals surface area contributed by atoms with Crippen molar-refractivity contribution in [2.24, 2.45) is 5.41 Å². The van der Waals surface area contributed by atoms with Gasteiger partial charge in [0.2, 0.25) is 0 Å². The summed E-state index contributed by atoms with van der Waals surface area (Å²) in [5, 5.41) is 22.2. The van der Waals surface area contributed by atoms with E-state index in [1.807, 2.05) is 36.4 Å². The number of fused-ring (bicyclic) bond motifs is 1. The summed E-state index contributed by atoms with van der Waals surface area (Å²) in [6.45, 7) is 11.3. The van der Waals surface area contributed by atoms with E-state index in [9.17, 15) is 15.0 Å². The molecule has 1 saturated carbocycles. The van der Waals surface area contributed by atoms with Crippen molar-refractivity contribution in [1.29, 1.82) is 0 Å². The van der Waals surface area contributed by atoms with Crippen molar-refractivity contribution in [3.8, 4) is 0 Å². The van der Waals surface area contributed by atoms with Gasteiger partial charge >= 0.3 is 29.6 Å². The van der Waals surface area contributed by atoms with Gasteiger partial charge in [0.05, 0.1) is 16.8 Å². The molecule has 4 rings (SSSR count). The van der Waals surface area contributed by atoms with Crippen LogP contribution < -0.4 is 34.7 Å². The summed E-state index contributed by atoms with van der Waals surface area (Å²) < 4.78 is 0. The number of aromatic nitrogens is 1. The van der Waals surface area contributed by atoms with Gasteiger partial charge in [-0.15, -0.1) is 0 Å². The van der Waals surface area contributed by atoms with Gasteiger partial charge in [-0.25, -0.2) is 4.98 Å². The van der Waals surface area contributed by atoms with E-state index in [4.69, 9.17) is 11.6 Å². The summed E-state index contributed by atoms with van der Waals surface area (Å²) in [5.41, 5.74) is 5.19. The smallest absolute Gasteiger partial charge is 0.550 e. The van der Waals surface area contributed by atoms with Crippen LogP contribution in [0.5, 0.6) is 0 Å². The van der Waals surface area contributed by atoms with Crippen LogP contribution >= 0.6 is 24.2 Å². The van der Waals surface area contributed by atoms with E-state index in [0.29, 0.717) is 10.8 Å². The molecule has 0 aliphatic heterocycles. The number of carbonyl (C=O) groups excluding carboxylic acids is 1. The molecule has 2 aromatic carbocycles. The molecule has 1 aliphatic rings. The van der Waals surface area contributed by atoms with Crippen LogP contribution in [0, 0.1) is 5.41 Å². The fourth-order valence-electron chi connectivity index (χ4n) is 4.71. The number of rotatable bonds is 12. The van der Waals surface area contributed by atoms with Gasteiger partial charge in [0.15, 0.2) is 0 Å². The van der Waals surface area contributed by atoms with E-state index in [2.05, 4.69) is 67.2 Å². The molecular formula is C35H39ClNNaO3S. The van der Waals surface area contributed by atoms with Crippen molar-refractivity contribution in [1.82, 2.24) is 4.98 Å². The molecule has 1 aliphatic carbocycles. The summed E-state index contributed by atoms with van der Waals surface area (Å²) in [5.74, 6) is -0.261. The van der Waals surface area contributed by atoms with Crippen molar-refractivity contribution < 1.29 is 44.6 Å². The SMILES string of the molecule is C=C/C(CCCc1cccc(/C=C/c2ccc3ccc(Cl)cc3n2)c1)=C(\C=C)C(C)(C)O.O=C([O-])CC1(CS)CC1.[Na+]. The van der Waals surface area contributed by atoms with Crippen LogP contribution in [-0.2, 0) is 11.2 Å². The molecule has 0 spiro atoms. The third-order valence-corrected chi connectivity index (χ3v) is 8.16. The minimum atomic E-state index is -0.943. The third-order valence-electron chi connectivity index (χ3n) is 7.25. The summed E-state index contributed by atoms with van der Waals surface area (Å²) >= 11 is 10.1. The maximum Gasteiger partial charge on any atom is 1.00 e. The maximum absolute atomic E-state index is 10.4. The molecule has 42 heavy (non-hydrogen) atoms. The monoisotopic (exact) mass is 611 g/mol. The first-order valence-electron chi connectivity index (χ1n) is 13.8. The summed E-state index contributed by atoms with van der Waals surface area (Å²) in [6.07, 6.45) is 12.6. The second-order valence-corrected chi connectivity index (χ2v) is 11.9. The Bertz CT molecular complexity index is 1450. The predicted octanol–water partition coefficient (Wildman–Crippen LogP) is 4.66.